The van der Waals surface area contributed by atoms with Crippen LogP contribution >= 0.6 is 0 Å². The second kappa shape index (κ2) is 9.43. The average molecular weight is 460 g/mol. The molecule has 8 heteroatoms. The van der Waals surface area contributed by atoms with Gasteiger partial charge in [-0.25, -0.2) is 0 Å². The number of nitro groups is 2. The molecule has 1 saturated heterocycles. The molecule has 0 spiro atoms. The Bertz CT molecular complexity index is 1210. The quantitative estimate of drug-likeness (QED) is 0.326. The van der Waals surface area contributed by atoms with Crippen molar-refractivity contribution in [2.45, 2.75) is 38.8 Å². The van der Waals surface area contributed by atoms with Crippen molar-refractivity contribution < 1.29 is 14.6 Å². The second-order valence-corrected chi connectivity index (χ2v) is 8.59. The zero-order valence-electron chi connectivity index (χ0n) is 19.0. The molecule has 174 valence electrons. The molecule has 1 fully saturated rings. The van der Waals surface area contributed by atoms with Crippen LogP contribution in [0.1, 0.15) is 48.5 Å². The van der Waals surface area contributed by atoms with Gasteiger partial charge in [0.1, 0.15) is 5.78 Å². The summed E-state index contributed by atoms with van der Waals surface area (Å²) in [6.45, 7) is 3.97. The fourth-order valence-electron chi connectivity index (χ4n) is 4.80. The number of hydrogen-bond donors (Lipinski definition) is 0. The van der Waals surface area contributed by atoms with Gasteiger partial charge in [-0.05, 0) is 36.6 Å². The predicted molar refractivity (Wildman–Crippen MR) is 129 cm³/mol. The molecule has 3 aromatic carbocycles. The number of carbonyl (C=O) groups is 1. The lowest BCUT2D eigenvalue weighted by molar-refractivity contribution is -0.385. The number of Topliss-reactive ketones (excluding diaryl/α,β-unsaturated/α-hetero) is 1. The van der Waals surface area contributed by atoms with Gasteiger partial charge in [-0.2, -0.15) is 0 Å². The topological polar surface area (TPSA) is 107 Å². The number of non-ortho nitro benzene ring substituents is 2. The summed E-state index contributed by atoms with van der Waals surface area (Å²) >= 11 is 0. The van der Waals surface area contributed by atoms with Crippen LogP contribution in [0.4, 0.5) is 17.1 Å². The minimum atomic E-state index is -0.444. The van der Waals surface area contributed by atoms with Gasteiger partial charge < -0.3 is 4.90 Å². The molecule has 0 aromatic heterocycles. The Kier molecular flexibility index (Phi) is 6.40. The van der Waals surface area contributed by atoms with Gasteiger partial charge in [-0.15, -0.1) is 0 Å². The van der Waals surface area contributed by atoms with E-state index < -0.39 is 9.85 Å². The Hall–Kier alpha value is -4.07. The van der Waals surface area contributed by atoms with Crippen LogP contribution in [0.15, 0.2) is 72.8 Å². The molecule has 0 bridgehead atoms. The molecule has 1 aliphatic rings. The fraction of sp³-hybridized carbons (Fsp3) is 0.269. The van der Waals surface area contributed by atoms with Crippen LogP contribution in [0, 0.1) is 33.1 Å². The summed E-state index contributed by atoms with van der Waals surface area (Å²) in [4.78, 5) is 37.0. The highest BCUT2D eigenvalue weighted by molar-refractivity contribution is 5.86. The maximum Gasteiger partial charge on any atom is 0.269 e. The van der Waals surface area contributed by atoms with Crippen molar-refractivity contribution in [3.63, 3.8) is 0 Å². The first kappa shape index (κ1) is 23.1. The van der Waals surface area contributed by atoms with Gasteiger partial charge >= 0.3 is 0 Å². The third-order valence-electron chi connectivity index (χ3n) is 6.53. The highest BCUT2D eigenvalue weighted by Crippen LogP contribution is 2.47. The van der Waals surface area contributed by atoms with Crippen molar-refractivity contribution in [2.24, 2.45) is 5.92 Å². The van der Waals surface area contributed by atoms with Crippen molar-refractivity contribution in [1.82, 2.24) is 0 Å². The van der Waals surface area contributed by atoms with Crippen LogP contribution in [0.5, 0.6) is 0 Å². The molecular formula is C26H25N3O5. The van der Waals surface area contributed by atoms with Gasteiger partial charge in [0.25, 0.3) is 11.4 Å². The molecule has 0 N–H and O–H groups in total. The number of rotatable bonds is 6. The molecule has 0 radical (unpaired) electrons. The predicted octanol–water partition coefficient (Wildman–Crippen LogP) is 6.10. The summed E-state index contributed by atoms with van der Waals surface area (Å²) in [5, 5.41) is 22.3. The van der Waals surface area contributed by atoms with E-state index in [1.807, 2.05) is 38.1 Å². The van der Waals surface area contributed by atoms with Gasteiger partial charge in [-0.1, -0.05) is 48.9 Å². The Balaban J connectivity index is 1.86. The third kappa shape index (κ3) is 4.39. The molecule has 0 saturated carbocycles. The number of hydrogen-bond acceptors (Lipinski definition) is 6. The molecule has 8 nitrogen and oxygen atoms in total. The monoisotopic (exact) mass is 459 g/mol. The van der Waals surface area contributed by atoms with Crippen molar-refractivity contribution in [1.29, 1.82) is 0 Å². The smallest absolute Gasteiger partial charge is 0.269 e. The minimum Gasteiger partial charge on any atom is -0.356 e. The Morgan fingerprint density at radius 3 is 1.79 bits per heavy atom. The van der Waals surface area contributed by atoms with Gasteiger partial charge in [0.15, 0.2) is 0 Å². The van der Waals surface area contributed by atoms with Crippen molar-refractivity contribution >= 4 is 22.8 Å². The van der Waals surface area contributed by atoms with E-state index >= 15 is 0 Å². The fourth-order valence-corrected chi connectivity index (χ4v) is 4.80. The highest BCUT2D eigenvalue weighted by Gasteiger charge is 2.43. The summed E-state index contributed by atoms with van der Waals surface area (Å²) < 4.78 is 0. The van der Waals surface area contributed by atoms with Gasteiger partial charge in [0, 0.05) is 42.3 Å². The molecule has 1 heterocycles. The lowest BCUT2D eigenvalue weighted by atomic mass is 9.77. The van der Waals surface area contributed by atoms with Gasteiger partial charge in [-0.3, -0.25) is 25.0 Å². The van der Waals surface area contributed by atoms with E-state index in [4.69, 9.17) is 0 Å². The summed E-state index contributed by atoms with van der Waals surface area (Å²) in [7, 11) is 0. The molecule has 0 amide bonds. The summed E-state index contributed by atoms with van der Waals surface area (Å²) in [5.74, 6) is -0.186. The third-order valence-corrected chi connectivity index (χ3v) is 6.53. The standard InChI is InChI=1S/C26H25N3O5/c1-3-23-25(30)16-24(18-6-12-21(13-7-18)28(31)32)27(20-10-4-17(2)5-11-20)26(23)19-8-14-22(15-9-19)29(33)34/h4-15,23-24,26H,3,16H2,1-2H3/t23-,24+,26+/m0/s1. The van der Waals surface area contributed by atoms with Crippen LogP contribution in [-0.2, 0) is 4.79 Å². The summed E-state index contributed by atoms with van der Waals surface area (Å²) in [6, 6.07) is 20.1. The number of nitrogens with zero attached hydrogens (tertiary/aromatic N) is 3. The number of aryl methyl sites for hydroxylation is 1. The number of benzene rings is 3. The van der Waals surface area contributed by atoms with Crippen LogP contribution in [0.3, 0.4) is 0 Å². The second-order valence-electron chi connectivity index (χ2n) is 8.59. The van der Waals surface area contributed by atoms with Crippen LogP contribution < -0.4 is 4.90 Å². The number of carbonyl (C=O) groups excluding carboxylic acids is 1. The Labute approximate surface area is 197 Å². The minimum absolute atomic E-state index is 0.00672. The molecular weight excluding hydrogens is 434 g/mol. The first-order valence-corrected chi connectivity index (χ1v) is 11.2. The number of ketones is 1. The van der Waals surface area contributed by atoms with E-state index in [9.17, 15) is 25.0 Å². The van der Waals surface area contributed by atoms with E-state index in [1.165, 1.54) is 24.3 Å². The zero-order valence-corrected chi connectivity index (χ0v) is 19.0. The van der Waals surface area contributed by atoms with E-state index in [0.29, 0.717) is 6.42 Å². The molecule has 3 atom stereocenters. The highest BCUT2D eigenvalue weighted by atomic mass is 16.6. The average Bonchev–Trinajstić information content (AvgIpc) is 2.84. The number of anilines is 1. The van der Waals surface area contributed by atoms with E-state index in [2.05, 4.69) is 4.90 Å². The van der Waals surface area contributed by atoms with E-state index in [0.717, 1.165) is 22.4 Å². The van der Waals surface area contributed by atoms with Gasteiger partial charge in [0.2, 0.25) is 0 Å². The van der Waals surface area contributed by atoms with Crippen molar-refractivity contribution in [2.75, 3.05) is 4.90 Å². The van der Waals surface area contributed by atoms with Gasteiger partial charge in [0.05, 0.1) is 21.9 Å². The lowest BCUT2D eigenvalue weighted by Gasteiger charge is -2.47. The SMILES string of the molecule is CC[C@H]1C(=O)C[C@H](c2ccc([N+](=O)[O-])cc2)N(c2ccc(C)cc2)[C@@H]1c1ccc([N+](=O)[O-])cc1. The van der Waals surface area contributed by atoms with Crippen LogP contribution in [0.25, 0.3) is 0 Å². The lowest BCUT2D eigenvalue weighted by Crippen LogP contribution is -2.45. The molecule has 1 aliphatic heterocycles. The van der Waals surface area contributed by atoms with Crippen molar-refractivity contribution in [3.8, 4) is 0 Å². The first-order chi connectivity index (χ1) is 16.3. The Morgan fingerprint density at radius 2 is 1.32 bits per heavy atom. The summed E-state index contributed by atoms with van der Waals surface area (Å²) in [6.07, 6.45) is 0.892. The summed E-state index contributed by atoms with van der Waals surface area (Å²) in [5.41, 5.74) is 3.63. The van der Waals surface area contributed by atoms with Crippen LogP contribution in [-0.4, -0.2) is 15.6 Å². The van der Waals surface area contributed by atoms with Crippen LogP contribution in [0.2, 0.25) is 0 Å². The van der Waals surface area contributed by atoms with E-state index in [-0.39, 0.29) is 41.6 Å². The van der Waals surface area contributed by atoms with E-state index in [1.54, 1.807) is 24.3 Å². The number of piperidine rings is 1. The largest absolute Gasteiger partial charge is 0.356 e. The molecule has 4 rings (SSSR count). The van der Waals surface area contributed by atoms with Crippen molar-refractivity contribution in [3.05, 3.63) is 110 Å². The maximum atomic E-state index is 13.3. The Morgan fingerprint density at radius 1 is 0.824 bits per heavy atom. The zero-order chi connectivity index (χ0) is 24.4. The number of nitro benzene ring substituents is 2. The first-order valence-electron chi connectivity index (χ1n) is 11.2. The normalized spacial score (nSPS) is 20.2. The molecule has 34 heavy (non-hydrogen) atoms. The molecule has 0 aliphatic carbocycles. The molecule has 0 unspecified atom stereocenters. The maximum absolute atomic E-state index is 13.3. The molecule has 3 aromatic rings.